The standard InChI is InChI=1S/C11H9BrF3NO2/c12-8-2-1-7(11(13,14)15)5-9(8)16-3-4-18-6-10(16)17/h1-2,5H,3-4,6H2. The van der Waals surface area contributed by atoms with E-state index in [4.69, 9.17) is 4.74 Å². The first-order chi connectivity index (χ1) is 8.39. The van der Waals surface area contributed by atoms with Crippen LogP contribution in [0.1, 0.15) is 5.56 Å². The van der Waals surface area contributed by atoms with Gasteiger partial charge in [0.2, 0.25) is 0 Å². The average Bonchev–Trinajstić information content (AvgIpc) is 2.29. The summed E-state index contributed by atoms with van der Waals surface area (Å²) in [5.41, 5.74) is -0.557. The second-order valence-electron chi connectivity index (χ2n) is 3.76. The Balaban J connectivity index is 2.40. The van der Waals surface area contributed by atoms with Crippen LogP contribution in [0.5, 0.6) is 0 Å². The molecule has 98 valence electrons. The van der Waals surface area contributed by atoms with E-state index in [0.717, 1.165) is 12.1 Å². The summed E-state index contributed by atoms with van der Waals surface area (Å²) in [6, 6.07) is 3.23. The molecule has 1 fully saturated rings. The van der Waals surface area contributed by atoms with Gasteiger partial charge < -0.3 is 9.64 Å². The van der Waals surface area contributed by atoms with Crippen LogP contribution >= 0.6 is 15.9 Å². The van der Waals surface area contributed by atoms with Gasteiger partial charge in [-0.25, -0.2) is 0 Å². The molecule has 1 aromatic carbocycles. The third-order valence-electron chi connectivity index (χ3n) is 2.55. The molecule has 0 bridgehead atoms. The molecule has 3 nitrogen and oxygen atoms in total. The highest BCUT2D eigenvalue weighted by Gasteiger charge is 2.32. The Morgan fingerprint density at radius 3 is 2.67 bits per heavy atom. The molecule has 0 atom stereocenters. The average molecular weight is 324 g/mol. The molecule has 7 heteroatoms. The molecule has 1 saturated heterocycles. The van der Waals surface area contributed by atoms with Crippen molar-refractivity contribution in [3.05, 3.63) is 28.2 Å². The molecular weight excluding hydrogens is 315 g/mol. The number of morpholine rings is 1. The van der Waals surface area contributed by atoms with Crippen LogP contribution in [0.3, 0.4) is 0 Å². The quantitative estimate of drug-likeness (QED) is 0.795. The van der Waals surface area contributed by atoms with E-state index in [0.29, 0.717) is 11.1 Å². The number of alkyl halides is 3. The number of benzene rings is 1. The zero-order valence-corrected chi connectivity index (χ0v) is 10.7. The molecular formula is C11H9BrF3NO2. The van der Waals surface area contributed by atoms with Gasteiger partial charge in [-0.15, -0.1) is 0 Å². The predicted octanol–water partition coefficient (Wildman–Crippen LogP) is 2.83. The van der Waals surface area contributed by atoms with Crippen molar-refractivity contribution in [2.24, 2.45) is 0 Å². The molecule has 1 aliphatic rings. The van der Waals surface area contributed by atoms with Crippen molar-refractivity contribution in [1.29, 1.82) is 0 Å². The number of nitrogens with zero attached hydrogens (tertiary/aromatic N) is 1. The van der Waals surface area contributed by atoms with E-state index < -0.39 is 11.7 Å². The van der Waals surface area contributed by atoms with Gasteiger partial charge in [0.05, 0.1) is 17.9 Å². The summed E-state index contributed by atoms with van der Waals surface area (Å²) in [5.74, 6) is -0.346. The van der Waals surface area contributed by atoms with E-state index in [1.54, 1.807) is 0 Å². The number of carbonyl (C=O) groups excluding carboxylic acids is 1. The second kappa shape index (κ2) is 4.89. The van der Waals surface area contributed by atoms with Crippen molar-refractivity contribution < 1.29 is 22.7 Å². The lowest BCUT2D eigenvalue weighted by Crippen LogP contribution is -2.41. The Labute approximate surface area is 110 Å². The molecule has 0 saturated carbocycles. The number of hydrogen-bond donors (Lipinski definition) is 0. The number of halogens is 4. The second-order valence-corrected chi connectivity index (χ2v) is 4.62. The number of anilines is 1. The first-order valence-electron chi connectivity index (χ1n) is 5.14. The third-order valence-corrected chi connectivity index (χ3v) is 3.22. The van der Waals surface area contributed by atoms with Gasteiger partial charge in [0.15, 0.2) is 0 Å². The summed E-state index contributed by atoms with van der Waals surface area (Å²) in [6.07, 6.45) is -4.43. The van der Waals surface area contributed by atoms with Crippen molar-refractivity contribution in [2.75, 3.05) is 24.7 Å². The fourth-order valence-electron chi connectivity index (χ4n) is 1.67. The van der Waals surface area contributed by atoms with Gasteiger partial charge in [-0.3, -0.25) is 4.79 Å². The van der Waals surface area contributed by atoms with Crippen molar-refractivity contribution >= 4 is 27.5 Å². The van der Waals surface area contributed by atoms with Crippen molar-refractivity contribution in [3.63, 3.8) is 0 Å². The minimum atomic E-state index is -4.43. The van der Waals surface area contributed by atoms with Gasteiger partial charge in [-0.05, 0) is 34.1 Å². The maximum absolute atomic E-state index is 12.6. The molecule has 1 aliphatic heterocycles. The summed E-state index contributed by atoms with van der Waals surface area (Å²) in [7, 11) is 0. The maximum atomic E-state index is 12.6. The lowest BCUT2D eigenvalue weighted by atomic mass is 10.1. The Kier molecular flexibility index (Phi) is 3.63. The van der Waals surface area contributed by atoms with Gasteiger partial charge in [-0.2, -0.15) is 13.2 Å². The molecule has 1 heterocycles. The van der Waals surface area contributed by atoms with Crippen LogP contribution in [0.2, 0.25) is 0 Å². The minimum absolute atomic E-state index is 0.108. The number of carbonyl (C=O) groups is 1. The molecule has 0 aromatic heterocycles. The molecule has 0 spiro atoms. The van der Waals surface area contributed by atoms with E-state index in [1.165, 1.54) is 11.0 Å². The zero-order chi connectivity index (χ0) is 13.3. The first-order valence-corrected chi connectivity index (χ1v) is 5.94. The summed E-state index contributed by atoms with van der Waals surface area (Å²) in [5, 5.41) is 0. The molecule has 0 radical (unpaired) electrons. The lowest BCUT2D eigenvalue weighted by Gasteiger charge is -2.28. The van der Waals surface area contributed by atoms with E-state index >= 15 is 0 Å². The van der Waals surface area contributed by atoms with E-state index in [-0.39, 0.29) is 24.7 Å². The zero-order valence-electron chi connectivity index (χ0n) is 9.13. The Bertz CT molecular complexity index is 476. The normalized spacial score (nSPS) is 17.1. The highest BCUT2D eigenvalue weighted by Crippen LogP contribution is 2.35. The number of hydrogen-bond acceptors (Lipinski definition) is 2. The number of ether oxygens (including phenoxy) is 1. The first kappa shape index (κ1) is 13.4. The van der Waals surface area contributed by atoms with Crippen molar-refractivity contribution in [3.8, 4) is 0 Å². The van der Waals surface area contributed by atoms with Gasteiger partial charge >= 0.3 is 6.18 Å². The Hall–Kier alpha value is -1.08. The molecule has 0 N–H and O–H groups in total. The van der Waals surface area contributed by atoms with Crippen LogP contribution in [-0.4, -0.2) is 25.7 Å². The van der Waals surface area contributed by atoms with Crippen LogP contribution in [0.15, 0.2) is 22.7 Å². The lowest BCUT2D eigenvalue weighted by molar-refractivity contribution is -0.137. The predicted molar refractivity (Wildman–Crippen MR) is 62.3 cm³/mol. The summed E-state index contributed by atoms with van der Waals surface area (Å²) in [6.45, 7) is 0.454. The number of amides is 1. The Morgan fingerprint density at radius 2 is 2.06 bits per heavy atom. The van der Waals surface area contributed by atoms with Crippen molar-refractivity contribution in [1.82, 2.24) is 0 Å². The van der Waals surface area contributed by atoms with E-state index in [9.17, 15) is 18.0 Å². The highest BCUT2D eigenvalue weighted by atomic mass is 79.9. The highest BCUT2D eigenvalue weighted by molar-refractivity contribution is 9.10. The fourth-order valence-corrected chi connectivity index (χ4v) is 2.13. The molecule has 0 aliphatic carbocycles. The monoisotopic (exact) mass is 323 g/mol. The van der Waals surface area contributed by atoms with Crippen LogP contribution < -0.4 is 4.90 Å². The summed E-state index contributed by atoms with van der Waals surface area (Å²) in [4.78, 5) is 12.9. The van der Waals surface area contributed by atoms with Crippen LogP contribution in [-0.2, 0) is 15.7 Å². The summed E-state index contributed by atoms with van der Waals surface area (Å²) >= 11 is 3.16. The summed E-state index contributed by atoms with van der Waals surface area (Å²) < 4.78 is 43.3. The van der Waals surface area contributed by atoms with Gasteiger partial charge in [0, 0.05) is 11.0 Å². The van der Waals surface area contributed by atoms with Crippen LogP contribution in [0, 0.1) is 0 Å². The van der Waals surface area contributed by atoms with E-state index in [1.807, 2.05) is 0 Å². The Morgan fingerprint density at radius 1 is 1.33 bits per heavy atom. The minimum Gasteiger partial charge on any atom is -0.370 e. The van der Waals surface area contributed by atoms with Gasteiger partial charge in [0.25, 0.3) is 5.91 Å². The fraction of sp³-hybridized carbons (Fsp3) is 0.364. The molecule has 18 heavy (non-hydrogen) atoms. The smallest absolute Gasteiger partial charge is 0.370 e. The van der Waals surface area contributed by atoms with E-state index in [2.05, 4.69) is 15.9 Å². The third kappa shape index (κ3) is 2.67. The SMILES string of the molecule is O=C1COCCN1c1cc(C(F)(F)F)ccc1Br. The topological polar surface area (TPSA) is 29.5 Å². The van der Waals surface area contributed by atoms with Gasteiger partial charge in [-0.1, -0.05) is 0 Å². The molecule has 1 amide bonds. The number of rotatable bonds is 1. The largest absolute Gasteiger partial charge is 0.416 e. The maximum Gasteiger partial charge on any atom is 0.416 e. The van der Waals surface area contributed by atoms with Crippen LogP contribution in [0.25, 0.3) is 0 Å². The van der Waals surface area contributed by atoms with Crippen molar-refractivity contribution in [2.45, 2.75) is 6.18 Å². The molecule has 2 rings (SSSR count). The molecule has 0 unspecified atom stereocenters. The molecule has 1 aromatic rings. The van der Waals surface area contributed by atoms with Crippen LogP contribution in [0.4, 0.5) is 18.9 Å². The van der Waals surface area contributed by atoms with Gasteiger partial charge in [0.1, 0.15) is 6.61 Å².